The van der Waals surface area contributed by atoms with Crippen LogP contribution in [0.5, 0.6) is 0 Å². The molecular weight excluding hydrogens is 393 g/mol. The molecule has 1 aliphatic rings. The molecule has 29 heavy (non-hydrogen) atoms. The van der Waals surface area contributed by atoms with Gasteiger partial charge in [-0.05, 0) is 17.7 Å². The van der Waals surface area contributed by atoms with Crippen LogP contribution in [0.1, 0.15) is 10.8 Å². The van der Waals surface area contributed by atoms with Crippen LogP contribution in [-0.2, 0) is 9.53 Å². The van der Waals surface area contributed by atoms with Crippen molar-refractivity contribution < 1.29 is 13.9 Å². The number of nitrogens with zero attached hydrogens (tertiary/aromatic N) is 4. The van der Waals surface area contributed by atoms with Gasteiger partial charge in [-0.3, -0.25) is 4.79 Å². The van der Waals surface area contributed by atoms with Crippen molar-refractivity contribution in [1.82, 2.24) is 19.8 Å². The average Bonchev–Trinajstić information content (AvgIpc) is 3.13. The number of carbonyl (C=O) groups excluding carboxylic acids is 1. The van der Waals surface area contributed by atoms with Gasteiger partial charge < -0.3 is 15.5 Å². The number of benzene rings is 2. The summed E-state index contributed by atoms with van der Waals surface area (Å²) in [5.41, 5.74) is 1.09. The van der Waals surface area contributed by atoms with Crippen molar-refractivity contribution in [3.8, 4) is 11.4 Å². The maximum Gasteiger partial charge on any atom is 0.240 e. The van der Waals surface area contributed by atoms with Crippen LogP contribution >= 0.6 is 11.8 Å². The summed E-state index contributed by atoms with van der Waals surface area (Å²) < 4.78 is 20.7. The lowest BCUT2D eigenvalue weighted by atomic mass is 10.1. The summed E-state index contributed by atoms with van der Waals surface area (Å²) in [5.74, 6) is 5.89. The SMILES string of the molecule is Nn1c(S[C@@H](C(=O)N2CCOCC2)c2ccccc2)nnc1-c1ccccc1F. The minimum atomic E-state index is -0.547. The van der Waals surface area contributed by atoms with Crippen molar-refractivity contribution in [3.63, 3.8) is 0 Å². The summed E-state index contributed by atoms with van der Waals surface area (Å²) >= 11 is 1.20. The molecule has 2 N–H and O–H groups in total. The fourth-order valence-electron chi connectivity index (χ4n) is 3.13. The molecule has 1 amide bonds. The fourth-order valence-corrected chi connectivity index (χ4v) is 4.17. The van der Waals surface area contributed by atoms with Gasteiger partial charge in [0.05, 0.1) is 18.8 Å². The monoisotopic (exact) mass is 413 g/mol. The van der Waals surface area contributed by atoms with E-state index in [-0.39, 0.29) is 17.3 Å². The van der Waals surface area contributed by atoms with Crippen molar-refractivity contribution in [2.24, 2.45) is 0 Å². The standard InChI is InChI=1S/C20H20FN5O2S/c21-16-9-5-4-8-15(16)18-23-24-20(26(18)22)29-17(14-6-2-1-3-7-14)19(27)25-10-12-28-13-11-25/h1-9,17H,10-13,22H2/t17-/m1/s1. The molecule has 0 aliphatic carbocycles. The first kappa shape index (κ1) is 19.4. The van der Waals surface area contributed by atoms with Gasteiger partial charge in [0.2, 0.25) is 11.1 Å². The Labute approximate surface area is 171 Å². The van der Waals surface area contributed by atoms with Crippen molar-refractivity contribution >= 4 is 17.7 Å². The third kappa shape index (κ3) is 4.10. The van der Waals surface area contributed by atoms with Gasteiger partial charge >= 0.3 is 0 Å². The average molecular weight is 413 g/mol. The summed E-state index contributed by atoms with van der Waals surface area (Å²) in [6, 6.07) is 15.7. The molecule has 1 saturated heterocycles. The minimum absolute atomic E-state index is 0.0417. The summed E-state index contributed by atoms with van der Waals surface area (Å²) in [6.07, 6.45) is 0. The topological polar surface area (TPSA) is 86.3 Å². The number of ether oxygens (including phenoxy) is 1. The van der Waals surface area contributed by atoms with Crippen molar-refractivity contribution in [3.05, 3.63) is 66.0 Å². The fraction of sp³-hybridized carbons (Fsp3) is 0.250. The van der Waals surface area contributed by atoms with E-state index in [0.717, 1.165) is 5.56 Å². The van der Waals surface area contributed by atoms with Crippen LogP contribution < -0.4 is 5.84 Å². The lowest BCUT2D eigenvalue weighted by molar-refractivity contribution is -0.134. The van der Waals surface area contributed by atoms with Crippen LogP contribution in [0.15, 0.2) is 59.8 Å². The second-order valence-corrected chi connectivity index (χ2v) is 7.57. The van der Waals surface area contributed by atoms with Crippen molar-refractivity contribution in [2.45, 2.75) is 10.4 Å². The molecular formula is C20H20FN5O2S. The highest BCUT2D eigenvalue weighted by atomic mass is 32.2. The number of carbonyl (C=O) groups is 1. The first-order valence-corrected chi connectivity index (χ1v) is 10.1. The van der Waals surface area contributed by atoms with E-state index in [2.05, 4.69) is 10.2 Å². The zero-order valence-corrected chi connectivity index (χ0v) is 16.4. The number of hydrogen-bond acceptors (Lipinski definition) is 6. The first-order chi connectivity index (χ1) is 14.1. The van der Waals surface area contributed by atoms with E-state index in [4.69, 9.17) is 10.6 Å². The quantitative estimate of drug-likeness (QED) is 0.511. The smallest absolute Gasteiger partial charge is 0.240 e. The van der Waals surface area contributed by atoms with E-state index >= 15 is 0 Å². The maximum absolute atomic E-state index is 14.1. The van der Waals surface area contributed by atoms with Gasteiger partial charge in [-0.1, -0.05) is 54.2 Å². The highest BCUT2D eigenvalue weighted by Crippen LogP contribution is 2.36. The van der Waals surface area contributed by atoms with Crippen LogP contribution in [0.3, 0.4) is 0 Å². The van der Waals surface area contributed by atoms with Crippen LogP contribution in [-0.4, -0.2) is 52.0 Å². The summed E-state index contributed by atoms with van der Waals surface area (Å²) in [7, 11) is 0. The Morgan fingerprint density at radius 3 is 2.48 bits per heavy atom. The van der Waals surface area contributed by atoms with Crippen LogP contribution in [0.4, 0.5) is 4.39 Å². The van der Waals surface area contributed by atoms with Crippen LogP contribution in [0.25, 0.3) is 11.4 Å². The molecule has 0 spiro atoms. The Morgan fingerprint density at radius 1 is 1.07 bits per heavy atom. The van der Waals surface area contributed by atoms with E-state index in [9.17, 15) is 9.18 Å². The molecule has 4 rings (SSSR count). The number of nitrogen functional groups attached to an aromatic ring is 1. The van der Waals surface area contributed by atoms with Gasteiger partial charge in [0.15, 0.2) is 5.82 Å². The number of hydrogen-bond donors (Lipinski definition) is 1. The summed E-state index contributed by atoms with van der Waals surface area (Å²) in [5, 5.41) is 7.95. The second-order valence-electron chi connectivity index (χ2n) is 6.50. The number of amides is 1. The maximum atomic E-state index is 14.1. The van der Waals surface area contributed by atoms with E-state index in [1.807, 2.05) is 30.3 Å². The Morgan fingerprint density at radius 2 is 1.76 bits per heavy atom. The van der Waals surface area contributed by atoms with E-state index in [1.165, 1.54) is 22.5 Å². The number of rotatable bonds is 5. The molecule has 0 radical (unpaired) electrons. The number of halogens is 1. The Balaban J connectivity index is 1.65. The van der Waals surface area contributed by atoms with E-state index in [1.54, 1.807) is 23.1 Å². The molecule has 7 nitrogen and oxygen atoms in total. The van der Waals surface area contributed by atoms with Crippen LogP contribution in [0.2, 0.25) is 0 Å². The van der Waals surface area contributed by atoms with Crippen LogP contribution in [0, 0.1) is 5.82 Å². The molecule has 0 bridgehead atoms. The lowest BCUT2D eigenvalue weighted by Crippen LogP contribution is -2.42. The van der Waals surface area contributed by atoms with E-state index < -0.39 is 11.1 Å². The molecule has 0 saturated carbocycles. The number of thioether (sulfide) groups is 1. The Bertz CT molecular complexity index is 992. The van der Waals surface area contributed by atoms with Gasteiger partial charge in [-0.25, -0.2) is 9.07 Å². The molecule has 2 aromatic carbocycles. The molecule has 9 heteroatoms. The summed E-state index contributed by atoms with van der Waals surface area (Å²) in [4.78, 5) is 15.0. The zero-order chi connectivity index (χ0) is 20.2. The van der Waals surface area contributed by atoms with Gasteiger partial charge in [-0.2, -0.15) is 0 Å². The van der Waals surface area contributed by atoms with Crippen molar-refractivity contribution in [1.29, 1.82) is 0 Å². The molecule has 1 atom stereocenters. The molecule has 2 heterocycles. The lowest BCUT2D eigenvalue weighted by Gasteiger charge is -2.30. The highest BCUT2D eigenvalue weighted by Gasteiger charge is 2.30. The number of nitrogens with two attached hydrogens (primary N) is 1. The molecule has 150 valence electrons. The first-order valence-electron chi connectivity index (χ1n) is 9.18. The molecule has 1 aromatic heterocycles. The van der Waals surface area contributed by atoms with Gasteiger partial charge in [-0.15, -0.1) is 10.2 Å². The number of morpholine rings is 1. The number of aromatic nitrogens is 3. The summed E-state index contributed by atoms with van der Waals surface area (Å²) in [6.45, 7) is 2.11. The van der Waals surface area contributed by atoms with Gasteiger partial charge in [0.1, 0.15) is 11.1 Å². The Hall–Kier alpha value is -2.91. The Kier molecular flexibility index (Phi) is 5.77. The molecule has 1 fully saturated rings. The molecule has 1 aliphatic heterocycles. The predicted octanol–water partition coefficient (Wildman–Crippen LogP) is 2.49. The highest BCUT2D eigenvalue weighted by molar-refractivity contribution is 8.00. The van der Waals surface area contributed by atoms with Crippen molar-refractivity contribution in [2.75, 3.05) is 32.1 Å². The van der Waals surface area contributed by atoms with E-state index in [0.29, 0.717) is 31.5 Å². The second kappa shape index (κ2) is 8.62. The minimum Gasteiger partial charge on any atom is -0.378 e. The largest absolute Gasteiger partial charge is 0.378 e. The van der Waals surface area contributed by atoms with Gasteiger partial charge in [0, 0.05) is 13.1 Å². The third-order valence-corrected chi connectivity index (χ3v) is 5.85. The normalized spacial score (nSPS) is 15.3. The molecule has 0 unspecified atom stereocenters. The van der Waals surface area contributed by atoms with Gasteiger partial charge in [0.25, 0.3) is 0 Å². The zero-order valence-electron chi connectivity index (χ0n) is 15.6. The molecule has 3 aromatic rings. The third-order valence-electron chi connectivity index (χ3n) is 4.65. The predicted molar refractivity (Wildman–Crippen MR) is 108 cm³/mol.